The molecule has 0 aromatic heterocycles. The third-order valence-corrected chi connectivity index (χ3v) is 5.52. The molecule has 1 aromatic rings. The van der Waals surface area contributed by atoms with Gasteiger partial charge in [0.1, 0.15) is 19.8 Å². The van der Waals surface area contributed by atoms with Gasteiger partial charge in [-0.25, -0.2) is 0 Å². The van der Waals surface area contributed by atoms with Crippen molar-refractivity contribution in [2.75, 3.05) is 26.4 Å². The van der Waals surface area contributed by atoms with Gasteiger partial charge in [-0.05, 0) is 43.4 Å². The van der Waals surface area contributed by atoms with Crippen molar-refractivity contribution >= 4 is 5.91 Å². The number of fused-ring (bicyclic) bond motifs is 1. The summed E-state index contributed by atoms with van der Waals surface area (Å²) < 4.78 is 17.2. The van der Waals surface area contributed by atoms with Crippen LogP contribution in [0.3, 0.4) is 0 Å². The molecule has 2 fully saturated rings. The minimum atomic E-state index is 0.114. The lowest BCUT2D eigenvalue weighted by molar-refractivity contribution is -0.139. The van der Waals surface area contributed by atoms with Gasteiger partial charge in [0.2, 0.25) is 5.91 Å². The molecule has 0 spiro atoms. The van der Waals surface area contributed by atoms with Crippen LogP contribution in [0.2, 0.25) is 0 Å². The summed E-state index contributed by atoms with van der Waals surface area (Å²) in [5.74, 6) is 1.70. The van der Waals surface area contributed by atoms with Crippen molar-refractivity contribution in [2.45, 2.75) is 57.1 Å². The molecule has 4 rings (SSSR count). The number of carbonyl (C=O) groups excluding carboxylic acids is 1. The maximum Gasteiger partial charge on any atom is 0.249 e. The highest BCUT2D eigenvalue weighted by Crippen LogP contribution is 2.38. The van der Waals surface area contributed by atoms with Crippen molar-refractivity contribution in [2.24, 2.45) is 0 Å². The van der Waals surface area contributed by atoms with E-state index < -0.39 is 0 Å². The molecular formula is C20H27NO4. The number of rotatable bonds is 4. The van der Waals surface area contributed by atoms with Crippen LogP contribution < -0.4 is 9.47 Å². The molecule has 0 N–H and O–H groups in total. The van der Waals surface area contributed by atoms with Gasteiger partial charge in [-0.3, -0.25) is 4.79 Å². The zero-order valence-electron chi connectivity index (χ0n) is 14.7. The molecule has 1 aromatic carbocycles. The fraction of sp³-hybridized carbons (Fsp3) is 0.650. The molecule has 5 heteroatoms. The summed E-state index contributed by atoms with van der Waals surface area (Å²) in [4.78, 5) is 14.7. The van der Waals surface area contributed by atoms with E-state index in [1.807, 2.05) is 17.0 Å². The Bertz CT molecular complexity index is 612. The van der Waals surface area contributed by atoms with E-state index in [4.69, 9.17) is 14.2 Å². The molecular weight excluding hydrogens is 318 g/mol. The molecule has 5 nitrogen and oxygen atoms in total. The van der Waals surface area contributed by atoms with Crippen LogP contribution in [0, 0.1) is 0 Å². The number of carbonyl (C=O) groups is 1. The predicted octanol–water partition coefficient (Wildman–Crippen LogP) is 3.47. The number of hydrogen-bond donors (Lipinski definition) is 0. The van der Waals surface area contributed by atoms with Crippen LogP contribution in [-0.4, -0.2) is 43.3 Å². The van der Waals surface area contributed by atoms with Crippen molar-refractivity contribution in [3.05, 3.63) is 23.8 Å². The first-order valence-corrected chi connectivity index (χ1v) is 9.62. The lowest BCUT2D eigenvalue weighted by Crippen LogP contribution is -2.35. The standard InChI is InChI=1S/C20H27NO4/c22-20(14-25-16-5-2-1-3-6-16)21-10-4-7-17(21)15-8-9-18-19(13-15)24-12-11-23-18/h8-9,13,16-17H,1-7,10-12,14H2. The second-order valence-electron chi connectivity index (χ2n) is 7.22. The number of amides is 1. The van der Waals surface area contributed by atoms with Crippen LogP contribution in [-0.2, 0) is 9.53 Å². The van der Waals surface area contributed by atoms with Crippen molar-refractivity contribution in [1.29, 1.82) is 0 Å². The normalized spacial score (nSPS) is 23.7. The monoisotopic (exact) mass is 345 g/mol. The van der Waals surface area contributed by atoms with E-state index in [-0.39, 0.29) is 24.7 Å². The lowest BCUT2D eigenvalue weighted by Gasteiger charge is -2.28. The molecule has 1 saturated heterocycles. The van der Waals surface area contributed by atoms with E-state index in [9.17, 15) is 4.79 Å². The molecule has 1 unspecified atom stereocenters. The number of ether oxygens (including phenoxy) is 3. The van der Waals surface area contributed by atoms with Crippen LogP contribution in [0.25, 0.3) is 0 Å². The van der Waals surface area contributed by atoms with E-state index in [0.717, 1.165) is 49.3 Å². The predicted molar refractivity (Wildman–Crippen MR) is 93.9 cm³/mol. The molecule has 1 amide bonds. The summed E-state index contributed by atoms with van der Waals surface area (Å²) in [6, 6.07) is 6.18. The second-order valence-corrected chi connectivity index (χ2v) is 7.22. The second kappa shape index (κ2) is 7.65. The summed E-state index contributed by atoms with van der Waals surface area (Å²) in [5.41, 5.74) is 1.13. The molecule has 2 heterocycles. The first-order valence-electron chi connectivity index (χ1n) is 9.62. The lowest BCUT2D eigenvalue weighted by atomic mass is 9.98. The fourth-order valence-electron chi connectivity index (χ4n) is 4.18. The number of likely N-dealkylation sites (tertiary alicyclic amines) is 1. The van der Waals surface area contributed by atoms with E-state index in [1.165, 1.54) is 19.3 Å². The van der Waals surface area contributed by atoms with E-state index in [2.05, 4.69) is 6.07 Å². The maximum absolute atomic E-state index is 12.7. The van der Waals surface area contributed by atoms with Crippen LogP contribution in [0.5, 0.6) is 11.5 Å². The molecule has 1 aliphatic carbocycles. The highest BCUT2D eigenvalue weighted by Gasteiger charge is 2.31. The SMILES string of the molecule is O=C(COC1CCCCC1)N1CCCC1c1ccc2c(c1)OCCO2. The Morgan fingerprint density at radius 1 is 1.04 bits per heavy atom. The zero-order chi connectivity index (χ0) is 17.1. The first kappa shape index (κ1) is 16.7. The maximum atomic E-state index is 12.7. The van der Waals surface area contributed by atoms with Gasteiger partial charge < -0.3 is 19.1 Å². The van der Waals surface area contributed by atoms with Gasteiger partial charge >= 0.3 is 0 Å². The van der Waals surface area contributed by atoms with Gasteiger partial charge in [0.15, 0.2) is 11.5 Å². The third-order valence-electron chi connectivity index (χ3n) is 5.52. The fourth-order valence-corrected chi connectivity index (χ4v) is 4.18. The highest BCUT2D eigenvalue weighted by molar-refractivity contribution is 5.78. The zero-order valence-corrected chi connectivity index (χ0v) is 14.7. The van der Waals surface area contributed by atoms with Crippen LogP contribution in [0.4, 0.5) is 0 Å². The Morgan fingerprint density at radius 2 is 1.84 bits per heavy atom. The van der Waals surface area contributed by atoms with E-state index in [0.29, 0.717) is 13.2 Å². The largest absolute Gasteiger partial charge is 0.486 e. The van der Waals surface area contributed by atoms with Gasteiger partial charge in [0.25, 0.3) is 0 Å². The van der Waals surface area contributed by atoms with Gasteiger partial charge in [0, 0.05) is 6.54 Å². The van der Waals surface area contributed by atoms with Crippen molar-refractivity contribution in [3.8, 4) is 11.5 Å². The Labute approximate surface area is 149 Å². The van der Waals surface area contributed by atoms with Gasteiger partial charge in [-0.15, -0.1) is 0 Å². The topological polar surface area (TPSA) is 48.0 Å². The minimum absolute atomic E-state index is 0.114. The summed E-state index contributed by atoms with van der Waals surface area (Å²) in [6.45, 7) is 2.20. The molecule has 3 aliphatic rings. The van der Waals surface area contributed by atoms with Crippen LogP contribution in [0.1, 0.15) is 56.6 Å². The van der Waals surface area contributed by atoms with E-state index >= 15 is 0 Å². The summed E-state index contributed by atoms with van der Waals surface area (Å²) in [6.07, 6.45) is 8.24. The molecule has 2 aliphatic heterocycles. The molecule has 1 saturated carbocycles. The van der Waals surface area contributed by atoms with Gasteiger partial charge in [-0.2, -0.15) is 0 Å². The summed E-state index contributed by atoms with van der Waals surface area (Å²) in [5, 5.41) is 0. The quantitative estimate of drug-likeness (QED) is 0.838. The number of hydrogen-bond acceptors (Lipinski definition) is 4. The Kier molecular flexibility index (Phi) is 5.11. The molecule has 0 radical (unpaired) electrons. The van der Waals surface area contributed by atoms with Crippen molar-refractivity contribution in [3.63, 3.8) is 0 Å². The Hall–Kier alpha value is -1.75. The molecule has 25 heavy (non-hydrogen) atoms. The summed E-state index contributed by atoms with van der Waals surface area (Å²) >= 11 is 0. The van der Waals surface area contributed by atoms with Crippen molar-refractivity contribution < 1.29 is 19.0 Å². The van der Waals surface area contributed by atoms with Gasteiger partial charge in [0.05, 0.1) is 12.1 Å². The first-order chi connectivity index (χ1) is 12.3. The van der Waals surface area contributed by atoms with Gasteiger partial charge in [-0.1, -0.05) is 25.3 Å². The highest BCUT2D eigenvalue weighted by atomic mass is 16.6. The Morgan fingerprint density at radius 3 is 2.68 bits per heavy atom. The average molecular weight is 345 g/mol. The molecule has 136 valence electrons. The average Bonchev–Trinajstić information content (AvgIpc) is 3.16. The number of benzene rings is 1. The summed E-state index contributed by atoms with van der Waals surface area (Å²) in [7, 11) is 0. The molecule has 0 bridgehead atoms. The third kappa shape index (κ3) is 3.76. The molecule has 1 atom stereocenters. The van der Waals surface area contributed by atoms with Crippen LogP contribution in [0.15, 0.2) is 18.2 Å². The van der Waals surface area contributed by atoms with Crippen LogP contribution >= 0.6 is 0 Å². The minimum Gasteiger partial charge on any atom is -0.486 e. The smallest absolute Gasteiger partial charge is 0.249 e. The van der Waals surface area contributed by atoms with E-state index in [1.54, 1.807) is 0 Å². The Balaban J connectivity index is 1.40. The van der Waals surface area contributed by atoms with Crippen molar-refractivity contribution in [1.82, 2.24) is 4.90 Å². The number of nitrogens with zero attached hydrogens (tertiary/aromatic N) is 1.